The van der Waals surface area contributed by atoms with E-state index in [9.17, 15) is 9.90 Å². The molecule has 1 fully saturated rings. The summed E-state index contributed by atoms with van der Waals surface area (Å²) in [5.74, 6) is 1.88. The molecule has 1 saturated heterocycles. The maximum atomic E-state index is 12.9. The number of nitrogens with one attached hydrogen (secondary N) is 1. The Hall–Kier alpha value is -2.54. The molecule has 0 saturated carbocycles. The number of fused-ring (bicyclic) bond motifs is 1. The Morgan fingerprint density at radius 3 is 2.70 bits per heavy atom. The second-order valence-electron chi connectivity index (χ2n) is 9.18. The van der Waals surface area contributed by atoms with Crippen molar-refractivity contribution in [2.75, 3.05) is 26.2 Å². The Balaban J connectivity index is 1.43. The highest BCUT2D eigenvalue weighted by Crippen LogP contribution is 2.29. The standard InChI is InChI=1S/C26H30ClNO5/c1-16-5-4-8-28(12-16)13-19(29)14-31-20-6-7-22-23(11-20)32-15-24(26(22)30)33-21-9-17(2)25(27)18(3)10-21/h6-7,9-11,15-16,19,29H,4-5,8,12-14H2,1-3H3/p+1. The zero-order valence-corrected chi connectivity index (χ0v) is 20.1. The average Bonchev–Trinajstić information content (AvgIpc) is 2.78. The van der Waals surface area contributed by atoms with E-state index >= 15 is 0 Å². The van der Waals surface area contributed by atoms with Crippen LogP contribution in [0.5, 0.6) is 17.2 Å². The molecule has 0 amide bonds. The third-order valence-electron chi connectivity index (χ3n) is 6.18. The van der Waals surface area contributed by atoms with Crippen LogP contribution in [0.3, 0.4) is 0 Å². The van der Waals surface area contributed by atoms with Gasteiger partial charge in [0.2, 0.25) is 11.2 Å². The minimum atomic E-state index is -0.546. The molecule has 0 bridgehead atoms. The predicted octanol–water partition coefficient (Wildman–Crippen LogP) is 3.91. The monoisotopic (exact) mass is 472 g/mol. The average molecular weight is 473 g/mol. The highest BCUT2D eigenvalue weighted by atomic mass is 35.5. The zero-order valence-electron chi connectivity index (χ0n) is 19.3. The topological polar surface area (TPSA) is 73.3 Å². The molecule has 1 aliphatic rings. The number of aliphatic hydroxyl groups is 1. The number of aryl methyl sites for hydroxylation is 2. The van der Waals surface area contributed by atoms with E-state index in [4.69, 9.17) is 25.5 Å². The number of quaternary nitrogens is 1. The van der Waals surface area contributed by atoms with Gasteiger partial charge in [-0.05, 0) is 62.1 Å². The van der Waals surface area contributed by atoms with Crippen LogP contribution in [0.25, 0.3) is 11.0 Å². The lowest BCUT2D eigenvalue weighted by molar-refractivity contribution is -0.911. The number of hydrogen-bond donors (Lipinski definition) is 2. The summed E-state index contributed by atoms with van der Waals surface area (Å²) >= 11 is 6.21. The van der Waals surface area contributed by atoms with Gasteiger partial charge in [-0.3, -0.25) is 4.79 Å². The van der Waals surface area contributed by atoms with Gasteiger partial charge >= 0.3 is 0 Å². The second kappa shape index (κ2) is 10.2. The quantitative estimate of drug-likeness (QED) is 0.545. The Morgan fingerprint density at radius 1 is 1.21 bits per heavy atom. The van der Waals surface area contributed by atoms with Crippen LogP contribution in [0.15, 0.2) is 45.8 Å². The molecule has 7 heteroatoms. The summed E-state index contributed by atoms with van der Waals surface area (Å²) in [5.41, 5.74) is 1.88. The van der Waals surface area contributed by atoms with E-state index in [0.717, 1.165) is 24.2 Å². The number of aliphatic hydroxyl groups excluding tert-OH is 1. The van der Waals surface area contributed by atoms with Gasteiger partial charge in [0.05, 0.1) is 18.5 Å². The molecule has 4 rings (SSSR count). The van der Waals surface area contributed by atoms with Crippen LogP contribution in [0.1, 0.15) is 30.9 Å². The van der Waals surface area contributed by atoms with Gasteiger partial charge in [-0.1, -0.05) is 18.5 Å². The van der Waals surface area contributed by atoms with Crippen LogP contribution in [0.2, 0.25) is 5.02 Å². The predicted molar refractivity (Wildman–Crippen MR) is 129 cm³/mol. The van der Waals surface area contributed by atoms with Crippen molar-refractivity contribution in [3.63, 3.8) is 0 Å². The number of likely N-dealkylation sites (tertiary alicyclic amines) is 1. The molecular weight excluding hydrogens is 442 g/mol. The first kappa shape index (κ1) is 23.6. The Morgan fingerprint density at radius 2 is 1.97 bits per heavy atom. The first-order valence-corrected chi connectivity index (χ1v) is 11.8. The van der Waals surface area contributed by atoms with E-state index in [1.165, 1.54) is 24.0 Å². The van der Waals surface area contributed by atoms with Crippen LogP contribution >= 0.6 is 11.6 Å². The largest absolute Gasteiger partial charge is 0.491 e. The summed E-state index contributed by atoms with van der Waals surface area (Å²) in [5, 5.41) is 11.5. The van der Waals surface area contributed by atoms with Gasteiger partial charge in [0, 0.05) is 17.0 Å². The van der Waals surface area contributed by atoms with Gasteiger partial charge in [0.1, 0.15) is 42.6 Å². The Kier molecular flexibility index (Phi) is 7.27. The molecule has 1 aliphatic heterocycles. The van der Waals surface area contributed by atoms with Gasteiger partial charge in [0.15, 0.2) is 0 Å². The molecule has 3 aromatic rings. The molecule has 2 aromatic carbocycles. The molecular formula is C26H31ClNO5+. The summed E-state index contributed by atoms with van der Waals surface area (Å²) in [7, 11) is 0. The number of piperidine rings is 1. The van der Waals surface area contributed by atoms with Crippen molar-refractivity contribution in [3.05, 3.63) is 63.0 Å². The van der Waals surface area contributed by atoms with Gasteiger partial charge in [0.25, 0.3) is 0 Å². The SMILES string of the molecule is Cc1cc(Oc2coc3cc(OCC(O)C[NH+]4CCCC(C)C4)ccc3c2=O)cc(C)c1Cl. The fourth-order valence-electron chi connectivity index (χ4n) is 4.51. The van der Waals surface area contributed by atoms with Crippen molar-refractivity contribution in [1.29, 1.82) is 0 Å². The molecule has 1 aromatic heterocycles. The van der Waals surface area contributed by atoms with Crippen LogP contribution < -0.4 is 19.8 Å². The van der Waals surface area contributed by atoms with Crippen molar-refractivity contribution >= 4 is 22.6 Å². The third kappa shape index (κ3) is 5.69. The van der Waals surface area contributed by atoms with Crippen LogP contribution in [0.4, 0.5) is 0 Å². The second-order valence-corrected chi connectivity index (χ2v) is 9.56. The minimum Gasteiger partial charge on any atom is -0.491 e. The van der Waals surface area contributed by atoms with E-state index in [1.807, 2.05) is 13.8 Å². The fourth-order valence-corrected chi connectivity index (χ4v) is 4.62. The van der Waals surface area contributed by atoms with E-state index in [1.54, 1.807) is 30.3 Å². The van der Waals surface area contributed by atoms with Crippen molar-refractivity contribution < 1.29 is 23.9 Å². The van der Waals surface area contributed by atoms with Crippen LogP contribution in [-0.2, 0) is 0 Å². The fraction of sp³-hybridized carbons (Fsp3) is 0.423. The lowest BCUT2D eigenvalue weighted by atomic mass is 10.0. The number of ether oxygens (including phenoxy) is 2. The summed E-state index contributed by atoms with van der Waals surface area (Å²) in [6.07, 6.45) is 3.24. The molecule has 0 radical (unpaired) electrons. The van der Waals surface area contributed by atoms with Gasteiger partial charge < -0.3 is 23.9 Å². The molecule has 6 nitrogen and oxygen atoms in total. The molecule has 3 unspecified atom stereocenters. The van der Waals surface area contributed by atoms with E-state index in [0.29, 0.717) is 40.0 Å². The van der Waals surface area contributed by atoms with Gasteiger partial charge in [-0.15, -0.1) is 0 Å². The van der Waals surface area contributed by atoms with E-state index < -0.39 is 6.10 Å². The maximum absolute atomic E-state index is 12.9. The van der Waals surface area contributed by atoms with Gasteiger partial charge in [-0.2, -0.15) is 0 Å². The van der Waals surface area contributed by atoms with Crippen LogP contribution in [-0.4, -0.2) is 37.5 Å². The van der Waals surface area contributed by atoms with Crippen LogP contribution in [0, 0.1) is 19.8 Å². The van der Waals surface area contributed by atoms with Crippen molar-refractivity contribution in [2.45, 2.75) is 39.7 Å². The molecule has 3 atom stereocenters. The molecule has 0 aliphatic carbocycles. The summed E-state index contributed by atoms with van der Waals surface area (Å²) in [6, 6.07) is 8.61. The summed E-state index contributed by atoms with van der Waals surface area (Å²) in [6.45, 7) is 9.11. The first-order chi connectivity index (χ1) is 15.8. The van der Waals surface area contributed by atoms with Crippen molar-refractivity contribution in [1.82, 2.24) is 0 Å². The smallest absolute Gasteiger partial charge is 0.235 e. The minimum absolute atomic E-state index is 0.103. The normalized spacial score (nSPS) is 19.4. The Labute approximate surface area is 198 Å². The number of halogens is 1. The van der Waals surface area contributed by atoms with Crippen molar-refractivity contribution in [2.24, 2.45) is 5.92 Å². The van der Waals surface area contributed by atoms with E-state index in [2.05, 4.69) is 6.92 Å². The third-order valence-corrected chi connectivity index (χ3v) is 6.78. The molecule has 176 valence electrons. The lowest BCUT2D eigenvalue weighted by Crippen LogP contribution is -3.14. The summed E-state index contributed by atoms with van der Waals surface area (Å²) in [4.78, 5) is 14.3. The maximum Gasteiger partial charge on any atom is 0.235 e. The first-order valence-electron chi connectivity index (χ1n) is 11.4. The highest BCUT2D eigenvalue weighted by molar-refractivity contribution is 6.32. The number of benzene rings is 2. The Bertz CT molecular complexity index is 1170. The zero-order chi connectivity index (χ0) is 23.5. The molecule has 2 heterocycles. The van der Waals surface area contributed by atoms with Crippen molar-refractivity contribution in [3.8, 4) is 17.2 Å². The highest BCUT2D eigenvalue weighted by Gasteiger charge is 2.22. The number of rotatable bonds is 7. The van der Waals surface area contributed by atoms with Gasteiger partial charge in [-0.25, -0.2) is 0 Å². The summed E-state index contributed by atoms with van der Waals surface area (Å²) < 4.78 is 17.2. The molecule has 2 N–H and O–H groups in total. The molecule has 33 heavy (non-hydrogen) atoms. The number of hydrogen-bond acceptors (Lipinski definition) is 5. The lowest BCUT2D eigenvalue weighted by Gasteiger charge is -2.29. The molecule has 0 spiro atoms. The van der Waals surface area contributed by atoms with E-state index in [-0.39, 0.29) is 17.8 Å².